The first-order chi connectivity index (χ1) is 8.96. The largest absolute Gasteiger partial charge is 0.478 e. The molecular formula is C11H8F5NO3. The molecule has 0 bridgehead atoms. The molecule has 0 aromatic heterocycles. The van der Waals surface area contributed by atoms with Crippen LogP contribution in [0.25, 0.3) is 0 Å². The molecule has 0 aliphatic heterocycles. The van der Waals surface area contributed by atoms with Gasteiger partial charge in [0.05, 0.1) is 5.56 Å². The van der Waals surface area contributed by atoms with Gasteiger partial charge in [-0.25, -0.2) is 4.79 Å². The molecule has 0 spiro atoms. The third-order valence-corrected chi connectivity index (χ3v) is 2.36. The summed E-state index contributed by atoms with van der Waals surface area (Å²) in [5, 5.41) is 10.1. The second kappa shape index (κ2) is 5.06. The third-order valence-electron chi connectivity index (χ3n) is 2.36. The van der Waals surface area contributed by atoms with Crippen LogP contribution in [0.4, 0.5) is 27.6 Å². The Balaban J connectivity index is 3.00. The van der Waals surface area contributed by atoms with Gasteiger partial charge in [-0.1, -0.05) is 0 Å². The summed E-state index contributed by atoms with van der Waals surface area (Å²) in [6, 6.07) is 2.93. The molecule has 0 radical (unpaired) electrons. The van der Waals surface area contributed by atoms with E-state index in [9.17, 15) is 31.5 Å². The quantitative estimate of drug-likeness (QED) is 0.843. The summed E-state index contributed by atoms with van der Waals surface area (Å²) < 4.78 is 61.3. The topological polar surface area (TPSA) is 66.4 Å². The van der Waals surface area contributed by atoms with Crippen LogP contribution >= 0.6 is 0 Å². The van der Waals surface area contributed by atoms with Gasteiger partial charge < -0.3 is 10.4 Å². The average molecular weight is 297 g/mol. The second-order valence-corrected chi connectivity index (χ2v) is 3.86. The molecule has 0 heterocycles. The number of anilines is 1. The van der Waals surface area contributed by atoms with Crippen LogP contribution in [0.1, 0.15) is 15.9 Å². The van der Waals surface area contributed by atoms with Crippen molar-refractivity contribution in [1.29, 1.82) is 0 Å². The first-order valence-electron chi connectivity index (χ1n) is 5.06. The summed E-state index contributed by atoms with van der Waals surface area (Å²) in [4.78, 5) is 21.6. The van der Waals surface area contributed by atoms with Crippen molar-refractivity contribution in [2.75, 3.05) is 5.32 Å². The van der Waals surface area contributed by atoms with Crippen LogP contribution < -0.4 is 5.32 Å². The van der Waals surface area contributed by atoms with Crippen LogP contribution in [0.15, 0.2) is 18.2 Å². The zero-order valence-corrected chi connectivity index (χ0v) is 9.89. The minimum absolute atomic E-state index is 0.0382. The van der Waals surface area contributed by atoms with E-state index in [-0.39, 0.29) is 16.8 Å². The Hall–Kier alpha value is -2.19. The maximum absolute atomic E-state index is 12.7. The predicted molar refractivity (Wildman–Crippen MR) is 57.8 cm³/mol. The van der Waals surface area contributed by atoms with Crippen LogP contribution in [0.3, 0.4) is 0 Å². The number of amides is 1. The van der Waals surface area contributed by atoms with Gasteiger partial charge in [-0.3, -0.25) is 4.79 Å². The SMILES string of the molecule is Cc1cc(C(=O)O)ccc1NC(=O)C(F)(F)C(F)(F)F. The van der Waals surface area contributed by atoms with E-state index in [1.54, 1.807) is 0 Å². The van der Waals surface area contributed by atoms with Crippen molar-refractivity contribution < 1.29 is 36.6 Å². The van der Waals surface area contributed by atoms with E-state index in [0.29, 0.717) is 0 Å². The normalized spacial score (nSPS) is 12.1. The number of carboxylic acids is 1. The highest BCUT2D eigenvalue weighted by Gasteiger charge is 2.63. The molecule has 0 aliphatic carbocycles. The van der Waals surface area contributed by atoms with Gasteiger partial charge in [0.25, 0.3) is 0 Å². The van der Waals surface area contributed by atoms with Crippen molar-refractivity contribution >= 4 is 17.6 Å². The standard InChI is InChI=1S/C11H8F5NO3/c1-5-4-6(8(18)19)2-3-7(5)17-9(20)10(12,13)11(14,15)16/h2-4H,1H3,(H,17,20)(H,18,19). The molecule has 1 amide bonds. The summed E-state index contributed by atoms with van der Waals surface area (Å²) in [7, 11) is 0. The second-order valence-electron chi connectivity index (χ2n) is 3.86. The fourth-order valence-electron chi connectivity index (χ4n) is 1.27. The first kappa shape index (κ1) is 15.9. The number of halogens is 5. The number of aryl methyl sites for hydroxylation is 1. The fraction of sp³-hybridized carbons (Fsp3) is 0.273. The molecule has 1 aromatic rings. The van der Waals surface area contributed by atoms with E-state index >= 15 is 0 Å². The molecule has 0 aliphatic rings. The Morgan fingerprint density at radius 2 is 1.70 bits per heavy atom. The van der Waals surface area contributed by atoms with Crippen LogP contribution in [-0.2, 0) is 4.79 Å². The number of carboxylic acid groups (broad SMARTS) is 1. The van der Waals surface area contributed by atoms with E-state index < -0.39 is 24.0 Å². The first-order valence-corrected chi connectivity index (χ1v) is 5.06. The van der Waals surface area contributed by atoms with Crippen molar-refractivity contribution in [3.8, 4) is 0 Å². The molecule has 4 nitrogen and oxygen atoms in total. The number of hydrogen-bond donors (Lipinski definition) is 2. The summed E-state index contributed by atoms with van der Waals surface area (Å²) >= 11 is 0. The Morgan fingerprint density at radius 3 is 2.10 bits per heavy atom. The molecule has 9 heteroatoms. The number of rotatable bonds is 3. The lowest BCUT2D eigenvalue weighted by molar-refractivity contribution is -0.267. The molecule has 110 valence electrons. The molecule has 2 N–H and O–H groups in total. The average Bonchev–Trinajstić information content (AvgIpc) is 2.29. The number of benzene rings is 1. The molecule has 0 saturated carbocycles. The Labute approximate surface area is 109 Å². The lowest BCUT2D eigenvalue weighted by atomic mass is 10.1. The van der Waals surface area contributed by atoms with E-state index in [0.717, 1.165) is 18.2 Å². The van der Waals surface area contributed by atoms with Gasteiger partial charge in [0.2, 0.25) is 0 Å². The summed E-state index contributed by atoms with van der Waals surface area (Å²) in [5.74, 6) is -9.37. The molecule has 0 atom stereocenters. The van der Waals surface area contributed by atoms with Gasteiger partial charge in [-0.15, -0.1) is 0 Å². The highest BCUT2D eigenvalue weighted by Crippen LogP contribution is 2.36. The monoisotopic (exact) mass is 297 g/mol. The highest BCUT2D eigenvalue weighted by molar-refractivity contribution is 5.98. The minimum atomic E-state index is -6.01. The zero-order valence-electron chi connectivity index (χ0n) is 9.89. The van der Waals surface area contributed by atoms with Gasteiger partial charge in [0.1, 0.15) is 0 Å². The van der Waals surface area contributed by atoms with E-state index in [2.05, 4.69) is 0 Å². The number of carbonyl (C=O) groups is 2. The fourth-order valence-corrected chi connectivity index (χ4v) is 1.27. The molecule has 1 aromatic carbocycles. The van der Waals surface area contributed by atoms with Gasteiger partial charge >= 0.3 is 24.0 Å². The van der Waals surface area contributed by atoms with Crippen LogP contribution in [0.5, 0.6) is 0 Å². The Morgan fingerprint density at radius 1 is 1.15 bits per heavy atom. The number of aromatic carboxylic acids is 1. The molecule has 0 fully saturated rings. The Kier molecular flexibility index (Phi) is 4.02. The molecule has 1 rings (SSSR count). The smallest absolute Gasteiger partial charge is 0.463 e. The van der Waals surface area contributed by atoms with Crippen LogP contribution in [0.2, 0.25) is 0 Å². The van der Waals surface area contributed by atoms with E-state index in [1.165, 1.54) is 12.2 Å². The number of carbonyl (C=O) groups excluding carboxylic acids is 1. The van der Waals surface area contributed by atoms with Gasteiger partial charge in [-0.2, -0.15) is 22.0 Å². The van der Waals surface area contributed by atoms with Crippen molar-refractivity contribution in [1.82, 2.24) is 0 Å². The third kappa shape index (κ3) is 3.03. The minimum Gasteiger partial charge on any atom is -0.478 e. The molecule has 20 heavy (non-hydrogen) atoms. The van der Waals surface area contributed by atoms with Gasteiger partial charge in [0.15, 0.2) is 0 Å². The molecule has 0 unspecified atom stereocenters. The number of hydrogen-bond acceptors (Lipinski definition) is 2. The van der Waals surface area contributed by atoms with E-state index in [1.807, 2.05) is 0 Å². The Bertz CT molecular complexity index is 553. The maximum Gasteiger partial charge on any atom is 0.463 e. The molecule has 0 saturated heterocycles. The van der Waals surface area contributed by atoms with E-state index in [4.69, 9.17) is 5.11 Å². The van der Waals surface area contributed by atoms with Crippen molar-refractivity contribution in [3.05, 3.63) is 29.3 Å². The zero-order chi connectivity index (χ0) is 15.7. The van der Waals surface area contributed by atoms with Gasteiger partial charge in [0, 0.05) is 5.69 Å². The molecular weight excluding hydrogens is 289 g/mol. The van der Waals surface area contributed by atoms with Crippen molar-refractivity contribution in [3.63, 3.8) is 0 Å². The predicted octanol–water partition coefficient (Wildman–Crippen LogP) is 2.83. The summed E-state index contributed by atoms with van der Waals surface area (Å²) in [6.07, 6.45) is -6.01. The van der Waals surface area contributed by atoms with Crippen LogP contribution in [0, 0.1) is 6.92 Å². The van der Waals surface area contributed by atoms with Crippen LogP contribution in [-0.4, -0.2) is 29.1 Å². The highest BCUT2D eigenvalue weighted by atomic mass is 19.4. The lowest BCUT2D eigenvalue weighted by Gasteiger charge is -2.19. The van der Waals surface area contributed by atoms with Gasteiger partial charge in [-0.05, 0) is 30.7 Å². The summed E-state index contributed by atoms with van der Waals surface area (Å²) in [5.41, 5.74) is -0.483. The number of nitrogens with one attached hydrogen (secondary N) is 1. The lowest BCUT2D eigenvalue weighted by Crippen LogP contribution is -2.47. The van der Waals surface area contributed by atoms with Crippen molar-refractivity contribution in [2.24, 2.45) is 0 Å². The summed E-state index contributed by atoms with van der Waals surface area (Å²) in [6.45, 7) is 1.26. The van der Waals surface area contributed by atoms with Crippen molar-refractivity contribution in [2.45, 2.75) is 19.0 Å². The maximum atomic E-state index is 12.7. The number of alkyl halides is 5.